The SMILES string of the molecule is CCN(C[C@@H]1CCCCO1)C(=O)c1ccc(C)cc1OCCCN. The first-order valence-electron chi connectivity index (χ1n) is 9.00. The van der Waals surface area contributed by atoms with E-state index in [0.717, 1.165) is 31.4 Å². The van der Waals surface area contributed by atoms with Crippen molar-refractivity contribution in [3.63, 3.8) is 0 Å². The minimum atomic E-state index is 0.00872. The summed E-state index contributed by atoms with van der Waals surface area (Å²) >= 11 is 0. The predicted molar refractivity (Wildman–Crippen MR) is 95.5 cm³/mol. The standard InChI is InChI=1S/C19H30N2O3/c1-3-21(14-16-7-4-5-11-23-16)19(22)17-9-8-15(2)13-18(17)24-12-6-10-20/h8-9,13,16H,3-7,10-12,14,20H2,1-2H3/t16-/m0/s1. The molecule has 0 aromatic heterocycles. The van der Waals surface area contributed by atoms with E-state index in [4.69, 9.17) is 15.2 Å². The molecule has 24 heavy (non-hydrogen) atoms. The number of nitrogens with two attached hydrogens (primary N) is 1. The minimum Gasteiger partial charge on any atom is -0.493 e. The number of hydrogen-bond acceptors (Lipinski definition) is 4. The number of hydrogen-bond donors (Lipinski definition) is 1. The number of benzene rings is 1. The second-order valence-corrected chi connectivity index (χ2v) is 6.32. The van der Waals surface area contributed by atoms with E-state index in [2.05, 4.69) is 0 Å². The van der Waals surface area contributed by atoms with E-state index in [-0.39, 0.29) is 12.0 Å². The fraction of sp³-hybridized carbons (Fsp3) is 0.632. The van der Waals surface area contributed by atoms with Crippen LogP contribution in [0.1, 0.15) is 48.5 Å². The van der Waals surface area contributed by atoms with Gasteiger partial charge in [0.25, 0.3) is 5.91 Å². The zero-order valence-electron chi connectivity index (χ0n) is 14.9. The summed E-state index contributed by atoms with van der Waals surface area (Å²) < 4.78 is 11.6. The third-order valence-corrected chi connectivity index (χ3v) is 4.34. The van der Waals surface area contributed by atoms with Crippen molar-refractivity contribution in [2.75, 3.05) is 32.8 Å². The van der Waals surface area contributed by atoms with Gasteiger partial charge in [-0.05, 0) is 63.8 Å². The van der Waals surface area contributed by atoms with E-state index in [9.17, 15) is 4.79 Å². The summed E-state index contributed by atoms with van der Waals surface area (Å²) in [5.41, 5.74) is 7.22. The molecule has 2 rings (SSSR count). The zero-order valence-corrected chi connectivity index (χ0v) is 14.9. The molecule has 1 aromatic rings. The summed E-state index contributed by atoms with van der Waals surface area (Å²) in [4.78, 5) is 14.8. The van der Waals surface area contributed by atoms with Crippen molar-refractivity contribution in [2.24, 2.45) is 5.73 Å². The number of aryl methyl sites for hydroxylation is 1. The van der Waals surface area contributed by atoms with Gasteiger partial charge in [-0.25, -0.2) is 0 Å². The molecule has 0 bridgehead atoms. The fourth-order valence-electron chi connectivity index (χ4n) is 2.91. The highest BCUT2D eigenvalue weighted by atomic mass is 16.5. The van der Waals surface area contributed by atoms with Crippen molar-refractivity contribution >= 4 is 5.91 Å². The number of ether oxygens (including phenoxy) is 2. The Morgan fingerprint density at radius 2 is 2.25 bits per heavy atom. The number of carbonyl (C=O) groups is 1. The average Bonchev–Trinajstić information content (AvgIpc) is 2.60. The zero-order chi connectivity index (χ0) is 17.4. The van der Waals surface area contributed by atoms with Crippen molar-refractivity contribution in [1.29, 1.82) is 0 Å². The highest BCUT2D eigenvalue weighted by molar-refractivity contribution is 5.97. The monoisotopic (exact) mass is 334 g/mol. The maximum Gasteiger partial charge on any atom is 0.257 e. The third-order valence-electron chi connectivity index (χ3n) is 4.34. The molecule has 0 unspecified atom stereocenters. The maximum atomic E-state index is 13.0. The Morgan fingerprint density at radius 3 is 2.92 bits per heavy atom. The molecule has 1 aromatic carbocycles. The van der Waals surface area contributed by atoms with E-state index < -0.39 is 0 Å². The molecule has 1 atom stereocenters. The smallest absolute Gasteiger partial charge is 0.257 e. The normalized spacial score (nSPS) is 17.5. The Morgan fingerprint density at radius 1 is 1.42 bits per heavy atom. The number of nitrogens with zero attached hydrogens (tertiary/aromatic N) is 1. The first-order valence-corrected chi connectivity index (χ1v) is 9.00. The molecule has 2 N–H and O–H groups in total. The summed E-state index contributed by atoms with van der Waals surface area (Å²) in [7, 11) is 0. The molecular formula is C19H30N2O3. The number of rotatable bonds is 8. The van der Waals surface area contributed by atoms with Gasteiger partial charge in [0.05, 0.1) is 18.3 Å². The maximum absolute atomic E-state index is 13.0. The Kier molecular flexibility index (Phi) is 7.53. The van der Waals surface area contributed by atoms with Crippen LogP contribution in [0.5, 0.6) is 5.75 Å². The topological polar surface area (TPSA) is 64.8 Å². The molecule has 1 amide bonds. The van der Waals surface area contributed by atoms with Gasteiger partial charge in [-0.3, -0.25) is 4.79 Å². The van der Waals surface area contributed by atoms with Crippen LogP contribution in [0, 0.1) is 6.92 Å². The second-order valence-electron chi connectivity index (χ2n) is 6.32. The van der Waals surface area contributed by atoms with Crippen LogP contribution in [0.2, 0.25) is 0 Å². The Hall–Kier alpha value is -1.59. The van der Waals surface area contributed by atoms with Crippen LogP contribution in [0.15, 0.2) is 18.2 Å². The lowest BCUT2D eigenvalue weighted by Gasteiger charge is -2.29. The minimum absolute atomic E-state index is 0.00872. The quantitative estimate of drug-likeness (QED) is 0.743. The third kappa shape index (κ3) is 5.21. The molecule has 5 nitrogen and oxygen atoms in total. The first-order chi connectivity index (χ1) is 11.7. The van der Waals surface area contributed by atoms with Gasteiger partial charge >= 0.3 is 0 Å². The van der Waals surface area contributed by atoms with Crippen molar-refractivity contribution in [3.05, 3.63) is 29.3 Å². The average molecular weight is 334 g/mol. The molecule has 134 valence electrons. The van der Waals surface area contributed by atoms with Crippen molar-refractivity contribution < 1.29 is 14.3 Å². The molecular weight excluding hydrogens is 304 g/mol. The van der Waals surface area contributed by atoms with E-state index in [1.807, 2.05) is 36.9 Å². The lowest BCUT2D eigenvalue weighted by atomic mass is 10.1. The van der Waals surface area contributed by atoms with Gasteiger partial charge in [-0.2, -0.15) is 0 Å². The van der Waals surface area contributed by atoms with Gasteiger partial charge in [-0.1, -0.05) is 6.07 Å². The van der Waals surface area contributed by atoms with Gasteiger partial charge in [0.2, 0.25) is 0 Å². The molecule has 1 fully saturated rings. The largest absolute Gasteiger partial charge is 0.493 e. The van der Waals surface area contributed by atoms with Crippen LogP contribution in [-0.2, 0) is 4.74 Å². The van der Waals surface area contributed by atoms with Crippen LogP contribution in [0.25, 0.3) is 0 Å². The molecule has 1 heterocycles. The van der Waals surface area contributed by atoms with Gasteiger partial charge in [0.1, 0.15) is 5.75 Å². The number of likely N-dealkylation sites (N-methyl/N-ethyl adjacent to an activating group) is 1. The number of amides is 1. The summed E-state index contributed by atoms with van der Waals surface area (Å²) in [5, 5.41) is 0. The van der Waals surface area contributed by atoms with Crippen molar-refractivity contribution in [2.45, 2.75) is 45.6 Å². The van der Waals surface area contributed by atoms with Crippen LogP contribution in [0.4, 0.5) is 0 Å². The van der Waals surface area contributed by atoms with Crippen LogP contribution >= 0.6 is 0 Å². The highest BCUT2D eigenvalue weighted by Crippen LogP contribution is 2.23. The second kappa shape index (κ2) is 9.64. The van der Waals surface area contributed by atoms with E-state index in [0.29, 0.717) is 37.6 Å². The van der Waals surface area contributed by atoms with Crippen molar-refractivity contribution in [3.8, 4) is 5.75 Å². The van der Waals surface area contributed by atoms with Gasteiger partial charge in [-0.15, -0.1) is 0 Å². The Balaban J connectivity index is 2.10. The lowest BCUT2D eigenvalue weighted by Crippen LogP contribution is -2.39. The van der Waals surface area contributed by atoms with Gasteiger partial charge in [0.15, 0.2) is 0 Å². The van der Waals surface area contributed by atoms with Crippen LogP contribution < -0.4 is 10.5 Å². The van der Waals surface area contributed by atoms with E-state index in [1.54, 1.807) is 0 Å². The highest BCUT2D eigenvalue weighted by Gasteiger charge is 2.23. The molecule has 0 saturated carbocycles. The lowest BCUT2D eigenvalue weighted by molar-refractivity contribution is -0.00318. The van der Waals surface area contributed by atoms with Gasteiger partial charge < -0.3 is 20.1 Å². The molecule has 5 heteroatoms. The predicted octanol–water partition coefficient (Wildman–Crippen LogP) is 2.75. The van der Waals surface area contributed by atoms with Crippen molar-refractivity contribution in [1.82, 2.24) is 4.90 Å². The first kappa shape index (κ1) is 18.7. The molecule has 1 aliphatic rings. The summed E-state index contributed by atoms with van der Waals surface area (Å²) in [6.07, 6.45) is 4.24. The molecule has 0 spiro atoms. The van der Waals surface area contributed by atoms with E-state index in [1.165, 1.54) is 6.42 Å². The fourth-order valence-corrected chi connectivity index (χ4v) is 2.91. The molecule has 1 saturated heterocycles. The molecule has 0 radical (unpaired) electrons. The molecule has 0 aliphatic carbocycles. The van der Waals surface area contributed by atoms with Crippen LogP contribution in [0.3, 0.4) is 0 Å². The Labute approximate surface area is 145 Å². The summed E-state index contributed by atoms with van der Waals surface area (Å²) in [6, 6.07) is 5.74. The van der Waals surface area contributed by atoms with Gasteiger partial charge in [0, 0.05) is 19.7 Å². The molecule has 1 aliphatic heterocycles. The van der Waals surface area contributed by atoms with E-state index >= 15 is 0 Å². The summed E-state index contributed by atoms with van der Waals surface area (Å²) in [5.74, 6) is 0.658. The number of carbonyl (C=O) groups excluding carboxylic acids is 1. The van der Waals surface area contributed by atoms with Crippen LogP contribution in [-0.4, -0.2) is 49.8 Å². The Bertz CT molecular complexity index is 527. The summed E-state index contributed by atoms with van der Waals surface area (Å²) in [6.45, 7) is 7.21.